The fraction of sp³-hybridized carbons (Fsp3) is 0.143. The molecule has 0 N–H and O–H groups in total. The second-order valence-corrected chi connectivity index (χ2v) is 3.75. The van der Waals surface area contributed by atoms with Gasteiger partial charge in [-0.2, -0.15) is 0 Å². The van der Waals surface area contributed by atoms with Crippen LogP contribution in [0.3, 0.4) is 0 Å². The van der Waals surface area contributed by atoms with Crippen LogP contribution in [0.1, 0.15) is 12.5 Å². The van der Waals surface area contributed by atoms with E-state index in [0.29, 0.717) is 5.70 Å². The average molecular weight is 231 g/mol. The second-order valence-electron chi connectivity index (χ2n) is 3.75. The van der Waals surface area contributed by atoms with Crippen molar-refractivity contribution < 1.29 is 9.23 Å². The Balaban J connectivity index is 2.46. The zero-order chi connectivity index (χ0) is 12.3. The van der Waals surface area contributed by atoms with E-state index in [1.165, 1.54) is 5.06 Å². The lowest BCUT2D eigenvalue weighted by Gasteiger charge is -2.29. The number of benzene rings is 1. The fourth-order valence-corrected chi connectivity index (χ4v) is 1.81. The highest BCUT2D eigenvalue weighted by molar-refractivity contribution is 5.71. The fourth-order valence-electron chi connectivity index (χ4n) is 1.81. The molecule has 0 fully saturated rings. The second kappa shape index (κ2) is 4.97. The van der Waals surface area contributed by atoms with Gasteiger partial charge < -0.3 is 0 Å². The molecule has 0 atom stereocenters. The minimum atomic E-state index is -0.878. The van der Waals surface area contributed by atoms with Gasteiger partial charge in [0.15, 0.2) is 0 Å². The van der Waals surface area contributed by atoms with Crippen molar-refractivity contribution >= 4 is 5.70 Å². The number of allylic oxidation sites excluding steroid dienone is 3. The van der Waals surface area contributed by atoms with E-state index in [2.05, 4.69) is 6.58 Å². The molecule has 0 saturated heterocycles. The van der Waals surface area contributed by atoms with E-state index in [-0.39, 0.29) is 0 Å². The molecular formula is C14H14FNO. The van der Waals surface area contributed by atoms with Crippen LogP contribution in [-0.4, -0.2) is 11.9 Å². The minimum Gasteiger partial charge on any atom is -0.235 e. The lowest BCUT2D eigenvalue weighted by atomic mass is 10.0. The Morgan fingerprint density at radius 3 is 2.59 bits per heavy atom. The highest BCUT2D eigenvalue weighted by atomic mass is 19.1. The molecule has 0 saturated carbocycles. The summed E-state index contributed by atoms with van der Waals surface area (Å²) < 4.78 is 12.4. The van der Waals surface area contributed by atoms with E-state index in [0.717, 1.165) is 16.8 Å². The molecule has 1 aliphatic rings. The molecule has 0 spiro atoms. The highest BCUT2D eigenvalue weighted by Gasteiger charge is 2.19. The van der Waals surface area contributed by atoms with Gasteiger partial charge in [-0.1, -0.05) is 43.0 Å². The third-order valence-corrected chi connectivity index (χ3v) is 2.59. The van der Waals surface area contributed by atoms with Gasteiger partial charge in [0, 0.05) is 5.56 Å². The highest BCUT2D eigenvalue weighted by Crippen LogP contribution is 2.31. The molecule has 1 heterocycles. The summed E-state index contributed by atoms with van der Waals surface area (Å²) >= 11 is 0. The molecule has 0 aromatic heterocycles. The van der Waals surface area contributed by atoms with E-state index in [1.54, 1.807) is 6.08 Å². The molecule has 3 heteroatoms. The molecule has 2 nitrogen and oxygen atoms in total. The van der Waals surface area contributed by atoms with Gasteiger partial charge in [-0.05, 0) is 18.6 Å². The van der Waals surface area contributed by atoms with Crippen molar-refractivity contribution in [2.75, 3.05) is 6.86 Å². The largest absolute Gasteiger partial charge is 0.235 e. The molecule has 0 aliphatic carbocycles. The number of rotatable bonds is 3. The molecule has 0 amide bonds. The predicted molar refractivity (Wildman–Crippen MR) is 66.2 cm³/mol. The van der Waals surface area contributed by atoms with E-state index >= 15 is 0 Å². The Kier molecular flexibility index (Phi) is 3.40. The van der Waals surface area contributed by atoms with Crippen LogP contribution in [-0.2, 0) is 4.84 Å². The summed E-state index contributed by atoms with van der Waals surface area (Å²) in [5.41, 5.74) is 3.43. The Morgan fingerprint density at radius 2 is 1.94 bits per heavy atom. The van der Waals surface area contributed by atoms with Crippen molar-refractivity contribution in [1.82, 2.24) is 5.06 Å². The summed E-state index contributed by atoms with van der Waals surface area (Å²) in [6.45, 7) is 4.92. The molecule has 1 aromatic carbocycles. The van der Waals surface area contributed by atoms with Crippen LogP contribution in [0.15, 0.2) is 60.3 Å². The third kappa shape index (κ3) is 2.29. The summed E-state index contributed by atoms with van der Waals surface area (Å²) in [7, 11) is 0. The van der Waals surface area contributed by atoms with Gasteiger partial charge in [0.1, 0.15) is 0 Å². The van der Waals surface area contributed by atoms with Gasteiger partial charge in [0.2, 0.25) is 6.86 Å². The van der Waals surface area contributed by atoms with Gasteiger partial charge in [-0.25, -0.2) is 14.3 Å². The van der Waals surface area contributed by atoms with Gasteiger partial charge in [-0.15, -0.1) is 0 Å². The molecule has 88 valence electrons. The lowest BCUT2D eigenvalue weighted by molar-refractivity contribution is -0.119. The Morgan fingerprint density at radius 1 is 1.24 bits per heavy atom. The smallest absolute Gasteiger partial charge is 0.215 e. The van der Waals surface area contributed by atoms with Gasteiger partial charge in [-0.3, -0.25) is 0 Å². The number of halogens is 1. The summed E-state index contributed by atoms with van der Waals surface area (Å²) in [4.78, 5) is 4.99. The maximum atomic E-state index is 12.4. The van der Waals surface area contributed by atoms with Crippen molar-refractivity contribution in [3.8, 4) is 0 Å². The first-order valence-corrected chi connectivity index (χ1v) is 5.36. The van der Waals surface area contributed by atoms with Crippen molar-refractivity contribution in [3.05, 3.63) is 65.9 Å². The minimum absolute atomic E-state index is 0.618. The number of nitrogens with zero attached hydrogens (tertiary/aromatic N) is 1. The summed E-state index contributed by atoms with van der Waals surface area (Å²) in [6, 6.07) is 9.72. The third-order valence-electron chi connectivity index (χ3n) is 2.59. The van der Waals surface area contributed by atoms with Crippen LogP contribution < -0.4 is 0 Å². The van der Waals surface area contributed by atoms with Gasteiger partial charge in [0.25, 0.3) is 0 Å². The summed E-state index contributed by atoms with van der Waals surface area (Å²) in [5, 5.41) is 1.44. The van der Waals surface area contributed by atoms with Crippen LogP contribution >= 0.6 is 0 Å². The number of alkyl halides is 1. The lowest BCUT2D eigenvalue weighted by Crippen LogP contribution is -2.23. The van der Waals surface area contributed by atoms with E-state index < -0.39 is 6.86 Å². The monoisotopic (exact) mass is 231 g/mol. The van der Waals surface area contributed by atoms with E-state index in [1.807, 2.05) is 43.3 Å². The van der Waals surface area contributed by atoms with Crippen LogP contribution in [0.2, 0.25) is 0 Å². The number of hydrogen-bond donors (Lipinski definition) is 0. The van der Waals surface area contributed by atoms with Gasteiger partial charge >= 0.3 is 0 Å². The quantitative estimate of drug-likeness (QED) is 0.787. The maximum absolute atomic E-state index is 12.4. The van der Waals surface area contributed by atoms with E-state index in [9.17, 15) is 4.39 Å². The van der Waals surface area contributed by atoms with E-state index in [4.69, 9.17) is 4.84 Å². The molecule has 0 bridgehead atoms. The van der Waals surface area contributed by atoms with Crippen LogP contribution in [0.25, 0.3) is 5.70 Å². The molecular weight excluding hydrogens is 217 g/mol. The molecule has 0 radical (unpaired) electrons. The topological polar surface area (TPSA) is 12.5 Å². The molecule has 2 rings (SSSR count). The normalized spacial score (nSPS) is 15.6. The molecule has 0 unspecified atom stereocenters. The van der Waals surface area contributed by atoms with Crippen molar-refractivity contribution in [3.63, 3.8) is 0 Å². The zero-order valence-corrected chi connectivity index (χ0v) is 9.69. The Labute approximate surface area is 100 Å². The maximum Gasteiger partial charge on any atom is 0.215 e. The van der Waals surface area contributed by atoms with Crippen molar-refractivity contribution in [2.45, 2.75) is 6.92 Å². The Bertz CT molecular complexity index is 476. The first kappa shape index (κ1) is 11.6. The SMILES string of the molecule is C=C1C=CC(C)=C(c2ccccc2)N1OCF. The first-order valence-electron chi connectivity index (χ1n) is 5.36. The predicted octanol–water partition coefficient (Wildman–Crippen LogP) is 3.66. The van der Waals surface area contributed by atoms with Crippen molar-refractivity contribution in [2.24, 2.45) is 0 Å². The van der Waals surface area contributed by atoms with Crippen LogP contribution in [0.4, 0.5) is 4.39 Å². The number of hydrogen-bond acceptors (Lipinski definition) is 2. The first-order chi connectivity index (χ1) is 8.24. The molecule has 1 aliphatic heterocycles. The standard InChI is InChI=1S/C14H14FNO/c1-11-8-9-12(2)16(17-10-15)14(11)13-6-4-3-5-7-13/h3-9H,2,10H2,1H3. The van der Waals surface area contributed by atoms with Crippen LogP contribution in [0.5, 0.6) is 0 Å². The Hall–Kier alpha value is -1.87. The molecule has 1 aromatic rings. The molecule has 17 heavy (non-hydrogen) atoms. The number of hydroxylamine groups is 2. The summed E-state index contributed by atoms with van der Waals surface area (Å²) in [6.07, 6.45) is 3.75. The van der Waals surface area contributed by atoms with Crippen molar-refractivity contribution in [1.29, 1.82) is 0 Å². The average Bonchev–Trinajstić information content (AvgIpc) is 2.35. The van der Waals surface area contributed by atoms with Gasteiger partial charge in [0.05, 0.1) is 11.4 Å². The zero-order valence-electron chi connectivity index (χ0n) is 9.69. The summed E-state index contributed by atoms with van der Waals surface area (Å²) in [5.74, 6) is 0. The van der Waals surface area contributed by atoms with Crippen LogP contribution in [0, 0.1) is 0 Å².